The summed E-state index contributed by atoms with van der Waals surface area (Å²) in [6.07, 6.45) is 9.43. The van der Waals surface area contributed by atoms with Crippen LogP contribution in [-0.4, -0.2) is 11.2 Å². The summed E-state index contributed by atoms with van der Waals surface area (Å²) in [5, 5.41) is 3.95. The minimum atomic E-state index is 1.05. The van der Waals surface area contributed by atoms with Crippen LogP contribution in [-0.2, 0) is 0 Å². The van der Waals surface area contributed by atoms with Crippen molar-refractivity contribution in [3.8, 4) is 0 Å². The SMILES string of the molecule is C1=Cc2ccccc2NN=C1.c1cc[nH]c1. The molecule has 0 unspecified atom stereocenters. The lowest BCUT2D eigenvalue weighted by Crippen LogP contribution is -1.87. The zero-order chi connectivity index (χ0) is 11.1. The fraction of sp³-hybridized carbons (Fsp3) is 0. The van der Waals surface area contributed by atoms with Crippen molar-refractivity contribution >= 4 is 18.0 Å². The molecule has 1 aromatic carbocycles. The third kappa shape index (κ3) is 2.85. The van der Waals surface area contributed by atoms with Crippen molar-refractivity contribution in [1.82, 2.24) is 4.98 Å². The number of hydrazone groups is 1. The van der Waals surface area contributed by atoms with Crippen LogP contribution in [0.5, 0.6) is 0 Å². The molecule has 1 aliphatic rings. The molecule has 0 saturated heterocycles. The van der Waals surface area contributed by atoms with Crippen LogP contribution in [0.2, 0.25) is 0 Å². The first-order chi connectivity index (χ1) is 7.97. The maximum atomic E-state index is 3.95. The van der Waals surface area contributed by atoms with E-state index in [2.05, 4.69) is 15.5 Å². The molecule has 3 heteroatoms. The molecule has 0 saturated carbocycles. The second-order valence-corrected chi connectivity index (χ2v) is 3.22. The number of aromatic amines is 1. The van der Waals surface area contributed by atoms with E-state index in [1.165, 1.54) is 5.56 Å². The fourth-order valence-corrected chi connectivity index (χ4v) is 1.32. The predicted octanol–water partition coefficient (Wildman–Crippen LogP) is 3.13. The standard InChI is InChI=1S/C9H8N2.C4H5N/c1-2-6-9-8(4-1)5-3-7-10-11-9;1-2-4-5-3-1/h1-7,11H;1-5H. The van der Waals surface area contributed by atoms with E-state index < -0.39 is 0 Å². The molecule has 80 valence electrons. The smallest absolute Gasteiger partial charge is 0.0634 e. The molecule has 0 spiro atoms. The van der Waals surface area contributed by atoms with Crippen LogP contribution in [0.3, 0.4) is 0 Å². The van der Waals surface area contributed by atoms with Crippen molar-refractivity contribution < 1.29 is 0 Å². The maximum absolute atomic E-state index is 3.95. The highest BCUT2D eigenvalue weighted by Crippen LogP contribution is 2.17. The number of hydrogen-bond acceptors (Lipinski definition) is 2. The Kier molecular flexibility index (Phi) is 3.55. The molecular weight excluding hydrogens is 198 g/mol. The van der Waals surface area contributed by atoms with Crippen LogP contribution in [0.4, 0.5) is 5.69 Å². The number of anilines is 1. The third-order valence-corrected chi connectivity index (χ3v) is 2.08. The number of rotatable bonds is 0. The molecule has 1 aromatic heterocycles. The number of hydrogen-bond donors (Lipinski definition) is 2. The average molecular weight is 211 g/mol. The highest BCUT2D eigenvalue weighted by molar-refractivity contribution is 5.83. The first-order valence-corrected chi connectivity index (χ1v) is 5.09. The topological polar surface area (TPSA) is 40.2 Å². The van der Waals surface area contributed by atoms with E-state index in [-0.39, 0.29) is 0 Å². The minimum Gasteiger partial charge on any atom is -0.368 e. The van der Waals surface area contributed by atoms with Crippen molar-refractivity contribution in [2.24, 2.45) is 5.10 Å². The predicted molar refractivity (Wildman–Crippen MR) is 68.4 cm³/mol. The molecule has 0 fully saturated rings. The number of benzene rings is 1. The van der Waals surface area contributed by atoms with Crippen molar-refractivity contribution in [2.75, 3.05) is 5.43 Å². The van der Waals surface area contributed by atoms with E-state index in [9.17, 15) is 0 Å². The second kappa shape index (κ2) is 5.56. The van der Waals surface area contributed by atoms with Gasteiger partial charge in [0.2, 0.25) is 0 Å². The molecule has 2 heterocycles. The Labute approximate surface area is 94.5 Å². The van der Waals surface area contributed by atoms with E-state index >= 15 is 0 Å². The lowest BCUT2D eigenvalue weighted by molar-refractivity contribution is 1.36. The molecule has 0 aliphatic carbocycles. The second-order valence-electron chi connectivity index (χ2n) is 3.22. The van der Waals surface area contributed by atoms with Crippen molar-refractivity contribution in [3.63, 3.8) is 0 Å². The zero-order valence-electron chi connectivity index (χ0n) is 8.80. The van der Waals surface area contributed by atoms with Crippen LogP contribution < -0.4 is 5.43 Å². The number of H-pyrrole nitrogens is 1. The van der Waals surface area contributed by atoms with Gasteiger partial charge in [-0.3, -0.25) is 5.43 Å². The van der Waals surface area contributed by atoms with E-state index in [1.54, 1.807) is 6.21 Å². The number of fused-ring (bicyclic) bond motifs is 1. The molecule has 1 aliphatic heterocycles. The Morgan fingerprint density at radius 2 is 1.75 bits per heavy atom. The van der Waals surface area contributed by atoms with Gasteiger partial charge >= 0.3 is 0 Å². The molecule has 0 bridgehead atoms. The summed E-state index contributed by atoms with van der Waals surface area (Å²) in [6.45, 7) is 0. The van der Waals surface area contributed by atoms with E-state index in [0.29, 0.717) is 0 Å². The summed E-state index contributed by atoms with van der Waals surface area (Å²) in [5.74, 6) is 0. The Morgan fingerprint density at radius 3 is 2.50 bits per heavy atom. The highest BCUT2D eigenvalue weighted by atomic mass is 15.3. The minimum absolute atomic E-state index is 1.05. The average Bonchev–Trinajstić information content (AvgIpc) is 2.81. The van der Waals surface area contributed by atoms with Crippen molar-refractivity contribution in [1.29, 1.82) is 0 Å². The van der Waals surface area contributed by atoms with E-state index in [0.717, 1.165) is 5.69 Å². The van der Waals surface area contributed by atoms with Gasteiger partial charge in [-0.1, -0.05) is 24.3 Å². The lowest BCUT2D eigenvalue weighted by Gasteiger charge is -2.00. The quantitative estimate of drug-likeness (QED) is 0.690. The maximum Gasteiger partial charge on any atom is 0.0634 e. The summed E-state index contributed by atoms with van der Waals surface area (Å²) in [6, 6.07) is 11.9. The number of nitrogens with zero attached hydrogens (tertiary/aromatic N) is 1. The summed E-state index contributed by atoms with van der Waals surface area (Å²) in [4.78, 5) is 2.86. The van der Waals surface area contributed by atoms with Crippen molar-refractivity contribution in [3.05, 3.63) is 60.4 Å². The first-order valence-electron chi connectivity index (χ1n) is 5.09. The van der Waals surface area contributed by atoms with Gasteiger partial charge in [-0.2, -0.15) is 5.10 Å². The van der Waals surface area contributed by atoms with Gasteiger partial charge in [0.25, 0.3) is 0 Å². The Hall–Kier alpha value is -2.29. The van der Waals surface area contributed by atoms with Gasteiger partial charge in [-0.25, -0.2) is 0 Å². The number of para-hydroxylation sites is 1. The number of nitrogens with one attached hydrogen (secondary N) is 2. The molecule has 0 radical (unpaired) electrons. The fourth-order valence-electron chi connectivity index (χ4n) is 1.32. The number of allylic oxidation sites excluding steroid dienone is 1. The monoisotopic (exact) mass is 211 g/mol. The normalized spacial score (nSPS) is 11.8. The number of aromatic nitrogens is 1. The van der Waals surface area contributed by atoms with Gasteiger partial charge in [0, 0.05) is 18.6 Å². The molecule has 2 aromatic rings. The summed E-state index contributed by atoms with van der Waals surface area (Å²) < 4.78 is 0. The van der Waals surface area contributed by atoms with Crippen LogP contribution in [0.15, 0.2) is 60.0 Å². The van der Waals surface area contributed by atoms with Crippen LogP contribution in [0.1, 0.15) is 5.56 Å². The molecule has 0 amide bonds. The van der Waals surface area contributed by atoms with Gasteiger partial charge in [-0.15, -0.1) is 0 Å². The first kappa shape index (κ1) is 10.2. The summed E-state index contributed by atoms with van der Waals surface area (Å²) >= 11 is 0. The van der Waals surface area contributed by atoms with Gasteiger partial charge in [0.15, 0.2) is 0 Å². The largest absolute Gasteiger partial charge is 0.368 e. The van der Waals surface area contributed by atoms with Crippen molar-refractivity contribution in [2.45, 2.75) is 0 Å². The van der Waals surface area contributed by atoms with Crippen LogP contribution >= 0.6 is 0 Å². The van der Waals surface area contributed by atoms with Gasteiger partial charge in [0.05, 0.1) is 5.69 Å². The van der Waals surface area contributed by atoms with E-state index in [4.69, 9.17) is 0 Å². The van der Waals surface area contributed by atoms with Crippen LogP contribution in [0, 0.1) is 0 Å². The zero-order valence-corrected chi connectivity index (χ0v) is 8.80. The Bertz CT molecular complexity index is 452. The lowest BCUT2D eigenvalue weighted by atomic mass is 10.2. The van der Waals surface area contributed by atoms with Crippen LogP contribution in [0.25, 0.3) is 6.08 Å². The third-order valence-electron chi connectivity index (χ3n) is 2.08. The summed E-state index contributed by atoms with van der Waals surface area (Å²) in [5.41, 5.74) is 5.16. The van der Waals surface area contributed by atoms with E-state index in [1.807, 2.05) is 60.9 Å². The molecule has 0 atom stereocenters. The van der Waals surface area contributed by atoms with Gasteiger partial charge in [0.1, 0.15) is 0 Å². The van der Waals surface area contributed by atoms with Gasteiger partial charge < -0.3 is 4.98 Å². The molecule has 2 N–H and O–H groups in total. The van der Waals surface area contributed by atoms with Gasteiger partial charge in [-0.05, 0) is 29.8 Å². The highest BCUT2D eigenvalue weighted by Gasteiger charge is 1.96. The Morgan fingerprint density at radius 1 is 0.938 bits per heavy atom. The summed E-state index contributed by atoms with van der Waals surface area (Å²) in [7, 11) is 0. The Balaban J connectivity index is 0.000000162. The molecule has 3 rings (SSSR count). The molecule has 3 nitrogen and oxygen atoms in total. The molecule has 16 heavy (non-hydrogen) atoms. The molecular formula is C13H13N3.